The number of rotatable bonds is 24. The molecule has 1 heteroatoms. The van der Waals surface area contributed by atoms with Gasteiger partial charge in [-0.2, -0.15) is 0 Å². The average Bonchev–Trinajstić information content (AvgIpc) is 2.95. The Labute approximate surface area is 239 Å². The van der Waals surface area contributed by atoms with E-state index < -0.39 is 0 Å². The third kappa shape index (κ3) is 14.3. The molecule has 0 fully saturated rings. The first-order valence-electron chi connectivity index (χ1n) is 16.7. The third-order valence-electron chi connectivity index (χ3n) is 8.31. The van der Waals surface area contributed by atoms with Crippen LogP contribution < -0.4 is 10.6 Å². The Morgan fingerprint density at radius 2 is 0.684 bits per heavy atom. The summed E-state index contributed by atoms with van der Waals surface area (Å²) in [5.41, 5.74) is 3.21. The summed E-state index contributed by atoms with van der Waals surface area (Å²) in [5.74, 6) is 0. The molecule has 0 saturated carbocycles. The van der Waals surface area contributed by atoms with Crippen molar-refractivity contribution < 1.29 is 0 Å². The molecule has 0 atom stereocenters. The minimum absolute atomic E-state index is 0.288. The Hall–Kier alpha value is -1.13. The number of aryl methyl sites for hydroxylation is 2. The summed E-state index contributed by atoms with van der Waals surface area (Å²) in [7, 11) is -0.288. The van der Waals surface area contributed by atoms with Gasteiger partial charge in [-0.3, -0.25) is 0 Å². The minimum atomic E-state index is -0.288. The normalized spacial score (nSPS) is 11.5. The Kier molecular flexibility index (Phi) is 19.7. The number of unbranched alkanes of at least 4 members (excludes halogenated alkanes) is 18. The van der Waals surface area contributed by atoms with E-state index in [0.29, 0.717) is 0 Å². The van der Waals surface area contributed by atoms with E-state index in [1.165, 1.54) is 141 Å². The maximum Gasteiger partial charge on any atom is -0.0166 e. The van der Waals surface area contributed by atoms with Crippen LogP contribution in [0.1, 0.15) is 153 Å². The van der Waals surface area contributed by atoms with Gasteiger partial charge in [0, 0.05) is 0 Å². The van der Waals surface area contributed by atoms with E-state index in [0.717, 1.165) is 0 Å². The molecule has 0 saturated heterocycles. The molecular formula is C37H61P. The number of benzene rings is 2. The van der Waals surface area contributed by atoms with E-state index in [1.807, 2.05) is 0 Å². The van der Waals surface area contributed by atoms with Gasteiger partial charge in [-0.05, 0) is 62.0 Å². The zero-order valence-electron chi connectivity index (χ0n) is 25.6. The molecule has 0 aromatic heterocycles. The predicted molar refractivity (Wildman–Crippen MR) is 176 cm³/mol. The lowest BCUT2D eigenvalue weighted by Gasteiger charge is -2.20. The Balaban J connectivity index is 1.74. The van der Waals surface area contributed by atoms with E-state index >= 15 is 0 Å². The monoisotopic (exact) mass is 536 g/mol. The maximum absolute atomic E-state index is 2.50. The van der Waals surface area contributed by atoms with Crippen LogP contribution in [0.25, 0.3) is 0 Å². The van der Waals surface area contributed by atoms with Crippen LogP contribution in [-0.4, -0.2) is 6.66 Å². The second-order valence-electron chi connectivity index (χ2n) is 11.7. The van der Waals surface area contributed by atoms with E-state index in [4.69, 9.17) is 0 Å². The lowest BCUT2D eigenvalue weighted by Crippen LogP contribution is -2.18. The van der Waals surface area contributed by atoms with Crippen LogP contribution in [-0.2, 0) is 12.8 Å². The van der Waals surface area contributed by atoms with Crippen molar-refractivity contribution in [3.63, 3.8) is 0 Å². The Bertz CT molecular complexity index is 742. The molecule has 38 heavy (non-hydrogen) atoms. The van der Waals surface area contributed by atoms with Gasteiger partial charge in [-0.25, -0.2) is 0 Å². The van der Waals surface area contributed by atoms with Crippen molar-refractivity contribution in [2.24, 2.45) is 0 Å². The van der Waals surface area contributed by atoms with Gasteiger partial charge in [0.2, 0.25) is 0 Å². The first kappa shape index (κ1) is 33.1. The molecule has 214 valence electrons. The van der Waals surface area contributed by atoms with Crippen molar-refractivity contribution >= 4 is 18.5 Å². The van der Waals surface area contributed by atoms with Gasteiger partial charge >= 0.3 is 0 Å². The average molecular weight is 537 g/mol. The molecule has 0 amide bonds. The largest absolute Gasteiger partial charge is 0.0654 e. The highest BCUT2D eigenvalue weighted by molar-refractivity contribution is 7.72. The van der Waals surface area contributed by atoms with E-state index in [9.17, 15) is 0 Å². The van der Waals surface area contributed by atoms with Crippen molar-refractivity contribution in [1.29, 1.82) is 0 Å². The van der Waals surface area contributed by atoms with Crippen LogP contribution in [0.5, 0.6) is 0 Å². The fourth-order valence-corrected chi connectivity index (χ4v) is 7.95. The molecule has 0 spiro atoms. The van der Waals surface area contributed by atoms with E-state index in [-0.39, 0.29) is 7.92 Å². The molecule has 0 aliphatic heterocycles. The molecule has 0 unspecified atom stereocenters. The lowest BCUT2D eigenvalue weighted by atomic mass is 10.0. The molecule has 0 aliphatic rings. The number of hydrogen-bond acceptors (Lipinski definition) is 0. The van der Waals surface area contributed by atoms with Gasteiger partial charge in [0.25, 0.3) is 0 Å². The fourth-order valence-electron chi connectivity index (χ4n) is 5.83. The first-order chi connectivity index (χ1) is 18.8. The topological polar surface area (TPSA) is 0 Å². The van der Waals surface area contributed by atoms with Gasteiger partial charge < -0.3 is 0 Å². The second kappa shape index (κ2) is 22.7. The summed E-state index contributed by atoms with van der Waals surface area (Å²) in [6.07, 6.45) is 30.8. The minimum Gasteiger partial charge on any atom is -0.0654 e. The summed E-state index contributed by atoms with van der Waals surface area (Å²) in [4.78, 5) is 0. The predicted octanol–water partition coefficient (Wildman–Crippen LogP) is 11.7. The zero-order valence-corrected chi connectivity index (χ0v) is 26.5. The van der Waals surface area contributed by atoms with Crippen LogP contribution in [0.3, 0.4) is 0 Å². The summed E-state index contributed by atoms with van der Waals surface area (Å²) in [6.45, 7) is 7.11. The Morgan fingerprint density at radius 1 is 0.395 bits per heavy atom. The van der Waals surface area contributed by atoms with Crippen LogP contribution in [0.2, 0.25) is 0 Å². The molecular weight excluding hydrogens is 475 g/mol. The SMILES string of the molecule is CCCCCCCCCCCCc1ccccc1P(C)c1ccccc1CCCCCCCCCCCC. The summed E-state index contributed by atoms with van der Waals surface area (Å²) < 4.78 is 0. The molecule has 2 rings (SSSR count). The molecule has 0 N–H and O–H groups in total. The van der Waals surface area contributed by atoms with Gasteiger partial charge in [-0.1, -0.05) is 178 Å². The highest BCUT2D eigenvalue weighted by atomic mass is 31.1. The smallest absolute Gasteiger partial charge is 0.0166 e. The van der Waals surface area contributed by atoms with Crippen LogP contribution >= 0.6 is 7.92 Å². The molecule has 0 aliphatic carbocycles. The van der Waals surface area contributed by atoms with Crippen LogP contribution in [0.15, 0.2) is 48.5 Å². The van der Waals surface area contributed by atoms with Gasteiger partial charge in [-0.15, -0.1) is 0 Å². The molecule has 2 aromatic rings. The second-order valence-corrected chi connectivity index (χ2v) is 13.8. The van der Waals surface area contributed by atoms with Crippen molar-refractivity contribution in [2.75, 3.05) is 6.66 Å². The van der Waals surface area contributed by atoms with E-state index in [2.05, 4.69) is 69.0 Å². The Morgan fingerprint density at radius 3 is 1.03 bits per heavy atom. The van der Waals surface area contributed by atoms with Crippen LogP contribution in [0.4, 0.5) is 0 Å². The van der Waals surface area contributed by atoms with Crippen molar-refractivity contribution in [3.8, 4) is 0 Å². The first-order valence-corrected chi connectivity index (χ1v) is 18.5. The van der Waals surface area contributed by atoms with Crippen LogP contribution in [0, 0.1) is 0 Å². The summed E-state index contributed by atoms with van der Waals surface area (Å²) >= 11 is 0. The van der Waals surface area contributed by atoms with Crippen molar-refractivity contribution in [3.05, 3.63) is 59.7 Å². The highest BCUT2D eigenvalue weighted by Crippen LogP contribution is 2.33. The molecule has 0 radical (unpaired) electrons. The summed E-state index contributed by atoms with van der Waals surface area (Å²) in [5, 5.41) is 3.24. The molecule has 0 nitrogen and oxygen atoms in total. The highest BCUT2D eigenvalue weighted by Gasteiger charge is 2.15. The van der Waals surface area contributed by atoms with Gasteiger partial charge in [0.05, 0.1) is 0 Å². The van der Waals surface area contributed by atoms with E-state index in [1.54, 1.807) is 21.7 Å². The fraction of sp³-hybridized carbons (Fsp3) is 0.676. The quantitative estimate of drug-likeness (QED) is 0.0924. The standard InChI is InChI=1S/C37H61P/c1-4-6-8-10-12-14-16-18-20-22-28-34-30-24-26-32-36(34)38(3)37-33-27-25-31-35(37)29-23-21-19-17-15-13-11-9-7-5-2/h24-27,30-33H,4-23,28-29H2,1-3H3. The summed E-state index contributed by atoms with van der Waals surface area (Å²) in [6, 6.07) is 18.7. The van der Waals surface area contributed by atoms with Gasteiger partial charge in [0.15, 0.2) is 0 Å². The lowest BCUT2D eigenvalue weighted by molar-refractivity contribution is 0.556. The number of hydrogen-bond donors (Lipinski definition) is 0. The molecule has 0 heterocycles. The van der Waals surface area contributed by atoms with Crippen molar-refractivity contribution in [1.82, 2.24) is 0 Å². The van der Waals surface area contributed by atoms with Crippen molar-refractivity contribution in [2.45, 2.75) is 155 Å². The molecule has 0 bridgehead atoms. The molecule has 2 aromatic carbocycles. The maximum atomic E-state index is 2.50. The third-order valence-corrected chi connectivity index (χ3v) is 10.6. The van der Waals surface area contributed by atoms with Gasteiger partial charge in [0.1, 0.15) is 0 Å². The zero-order chi connectivity index (χ0) is 27.1.